The van der Waals surface area contributed by atoms with Crippen molar-refractivity contribution in [3.63, 3.8) is 0 Å². The number of carboxylic acids is 1. The minimum atomic E-state index is -1.04. The number of aliphatic carboxylic acids is 1. The van der Waals surface area contributed by atoms with Crippen LogP contribution < -0.4 is 5.32 Å². The molecule has 0 fully saturated rings. The number of carbonyl (C=O) groups excluding carboxylic acids is 1. The van der Waals surface area contributed by atoms with Crippen LogP contribution in [0.25, 0.3) is 0 Å². The lowest BCUT2D eigenvalue weighted by Crippen LogP contribution is -2.45. The maximum absolute atomic E-state index is 12.3. The van der Waals surface area contributed by atoms with E-state index in [1.54, 1.807) is 33.7 Å². The van der Waals surface area contributed by atoms with Gasteiger partial charge in [0.05, 0.1) is 0 Å². The highest BCUT2D eigenvalue weighted by atomic mass is 32.1. The molecule has 2 aromatic rings. The van der Waals surface area contributed by atoms with Gasteiger partial charge in [-0.05, 0) is 34.9 Å². The van der Waals surface area contributed by atoms with Crippen LogP contribution in [-0.4, -0.2) is 28.6 Å². The smallest absolute Gasteiger partial charge is 0.331 e. The van der Waals surface area contributed by atoms with Gasteiger partial charge in [0.1, 0.15) is 0 Å². The summed E-state index contributed by atoms with van der Waals surface area (Å²) in [6.45, 7) is 1.16. The van der Waals surface area contributed by atoms with Crippen molar-refractivity contribution < 1.29 is 14.7 Å². The molecule has 21 heavy (non-hydrogen) atoms. The van der Waals surface area contributed by atoms with Crippen molar-refractivity contribution >= 4 is 34.7 Å². The third kappa shape index (κ3) is 2.93. The molecule has 3 rings (SSSR count). The Bertz CT molecular complexity index is 651. The minimum Gasteiger partial charge on any atom is -0.479 e. The molecule has 110 valence electrons. The number of carbonyl (C=O) groups is 2. The zero-order valence-electron chi connectivity index (χ0n) is 11.1. The molecule has 1 atom stereocenters. The average molecular weight is 322 g/mol. The van der Waals surface area contributed by atoms with Gasteiger partial charge in [-0.3, -0.25) is 0 Å². The Hall–Kier alpha value is -1.86. The van der Waals surface area contributed by atoms with E-state index in [-0.39, 0.29) is 6.03 Å². The lowest BCUT2D eigenvalue weighted by Gasteiger charge is -2.28. The van der Waals surface area contributed by atoms with Gasteiger partial charge in [-0.25, -0.2) is 9.59 Å². The van der Waals surface area contributed by atoms with Crippen molar-refractivity contribution in [3.8, 4) is 0 Å². The van der Waals surface area contributed by atoms with Gasteiger partial charge in [0.2, 0.25) is 0 Å². The van der Waals surface area contributed by atoms with Crippen LogP contribution in [0, 0.1) is 0 Å². The lowest BCUT2D eigenvalue weighted by molar-refractivity contribution is -0.139. The number of amides is 2. The molecule has 0 aromatic carbocycles. The van der Waals surface area contributed by atoms with Gasteiger partial charge in [-0.2, -0.15) is 0 Å². The maximum atomic E-state index is 12.3. The zero-order chi connectivity index (χ0) is 14.8. The van der Waals surface area contributed by atoms with Crippen LogP contribution in [0.2, 0.25) is 0 Å². The molecular formula is C14H14N2O3S2. The van der Waals surface area contributed by atoms with Gasteiger partial charge >= 0.3 is 12.0 Å². The van der Waals surface area contributed by atoms with Crippen LogP contribution >= 0.6 is 22.7 Å². The standard InChI is InChI=1S/C14H14N2O3S2/c17-13(18)12(11-2-1-6-20-11)15-14(19)16-5-3-10-9(8-16)4-7-21-10/h1-2,4,6-7,12H,3,5,8H2,(H,15,19)(H,17,18). The first-order valence-corrected chi connectivity index (χ1v) is 8.28. The number of rotatable bonds is 3. The van der Waals surface area contributed by atoms with E-state index in [0.29, 0.717) is 18.0 Å². The number of carboxylic acid groups (broad SMARTS) is 1. The Morgan fingerprint density at radius 3 is 2.86 bits per heavy atom. The number of urea groups is 1. The number of hydrogen-bond acceptors (Lipinski definition) is 4. The van der Waals surface area contributed by atoms with E-state index in [1.807, 2.05) is 11.4 Å². The molecule has 5 nitrogen and oxygen atoms in total. The summed E-state index contributed by atoms with van der Waals surface area (Å²) in [5.41, 5.74) is 1.16. The highest BCUT2D eigenvalue weighted by Gasteiger charge is 2.27. The summed E-state index contributed by atoms with van der Waals surface area (Å²) in [7, 11) is 0. The lowest BCUT2D eigenvalue weighted by atomic mass is 10.1. The normalized spacial score (nSPS) is 15.3. The van der Waals surface area contributed by atoms with Crippen LogP contribution in [0.5, 0.6) is 0 Å². The molecule has 2 amide bonds. The fourth-order valence-corrected chi connectivity index (χ4v) is 4.00. The molecule has 1 aliphatic heterocycles. The quantitative estimate of drug-likeness (QED) is 0.913. The monoisotopic (exact) mass is 322 g/mol. The summed E-state index contributed by atoms with van der Waals surface area (Å²) in [5.74, 6) is -1.04. The molecule has 1 unspecified atom stereocenters. The van der Waals surface area contributed by atoms with Gasteiger partial charge in [0, 0.05) is 22.8 Å². The number of hydrogen-bond donors (Lipinski definition) is 2. The summed E-state index contributed by atoms with van der Waals surface area (Å²) in [6.07, 6.45) is 0.831. The molecule has 0 bridgehead atoms. The zero-order valence-corrected chi connectivity index (χ0v) is 12.7. The topological polar surface area (TPSA) is 69.6 Å². The molecule has 3 heterocycles. The molecule has 7 heteroatoms. The van der Waals surface area contributed by atoms with Crippen molar-refractivity contribution in [2.45, 2.75) is 19.0 Å². The molecule has 0 spiro atoms. The number of nitrogens with zero attached hydrogens (tertiary/aromatic N) is 1. The maximum Gasteiger partial charge on any atom is 0.331 e. The van der Waals surface area contributed by atoms with Crippen LogP contribution in [-0.2, 0) is 17.8 Å². The fraction of sp³-hybridized carbons (Fsp3) is 0.286. The third-order valence-corrected chi connectivity index (χ3v) is 5.40. The summed E-state index contributed by atoms with van der Waals surface area (Å²) < 4.78 is 0. The van der Waals surface area contributed by atoms with E-state index in [9.17, 15) is 14.7 Å². The summed E-state index contributed by atoms with van der Waals surface area (Å²) in [4.78, 5) is 27.3. The molecule has 0 saturated carbocycles. The average Bonchev–Trinajstić information content (AvgIpc) is 3.14. The first-order valence-electron chi connectivity index (χ1n) is 6.52. The summed E-state index contributed by atoms with van der Waals surface area (Å²) in [6, 6.07) is 4.21. The Balaban J connectivity index is 1.70. The number of nitrogens with one attached hydrogen (secondary N) is 1. The Kier molecular flexibility index (Phi) is 3.94. The van der Waals surface area contributed by atoms with Crippen molar-refractivity contribution in [1.29, 1.82) is 0 Å². The van der Waals surface area contributed by atoms with E-state index in [2.05, 4.69) is 5.32 Å². The molecule has 2 N–H and O–H groups in total. The molecule has 1 aliphatic rings. The van der Waals surface area contributed by atoms with Crippen molar-refractivity contribution in [2.24, 2.45) is 0 Å². The van der Waals surface area contributed by atoms with Gasteiger partial charge in [-0.1, -0.05) is 6.07 Å². The van der Waals surface area contributed by atoms with E-state index in [0.717, 1.165) is 12.0 Å². The van der Waals surface area contributed by atoms with E-state index in [1.165, 1.54) is 16.2 Å². The number of fused-ring (bicyclic) bond motifs is 1. The minimum absolute atomic E-state index is 0.326. The predicted octanol–water partition coefficient (Wildman–Crippen LogP) is 2.70. The molecule has 0 saturated heterocycles. The van der Waals surface area contributed by atoms with E-state index in [4.69, 9.17) is 0 Å². The highest BCUT2D eigenvalue weighted by Crippen LogP contribution is 2.25. The fourth-order valence-electron chi connectivity index (χ4n) is 2.35. The second kappa shape index (κ2) is 5.87. The predicted molar refractivity (Wildman–Crippen MR) is 81.7 cm³/mol. The van der Waals surface area contributed by atoms with Crippen molar-refractivity contribution in [3.05, 3.63) is 44.3 Å². The molecule has 2 aromatic heterocycles. The third-order valence-electron chi connectivity index (χ3n) is 3.44. The largest absolute Gasteiger partial charge is 0.479 e. The summed E-state index contributed by atoms with van der Waals surface area (Å²) in [5, 5.41) is 15.7. The van der Waals surface area contributed by atoms with Gasteiger partial charge in [0.15, 0.2) is 6.04 Å². The van der Waals surface area contributed by atoms with Gasteiger partial charge < -0.3 is 15.3 Å². The Labute approximate surface area is 129 Å². The molecule has 0 aliphatic carbocycles. The molecule has 0 radical (unpaired) electrons. The van der Waals surface area contributed by atoms with E-state index < -0.39 is 12.0 Å². The SMILES string of the molecule is O=C(O)C(NC(=O)N1CCc2sccc2C1)c1cccs1. The molecular weight excluding hydrogens is 308 g/mol. The number of thiophene rings is 2. The Morgan fingerprint density at radius 1 is 1.29 bits per heavy atom. The van der Waals surface area contributed by atoms with Crippen LogP contribution in [0.1, 0.15) is 21.4 Å². The van der Waals surface area contributed by atoms with Crippen LogP contribution in [0.15, 0.2) is 29.0 Å². The van der Waals surface area contributed by atoms with Gasteiger partial charge in [0.25, 0.3) is 0 Å². The van der Waals surface area contributed by atoms with Crippen LogP contribution in [0.4, 0.5) is 4.79 Å². The van der Waals surface area contributed by atoms with Crippen molar-refractivity contribution in [1.82, 2.24) is 10.2 Å². The second-order valence-electron chi connectivity index (χ2n) is 4.78. The van der Waals surface area contributed by atoms with Crippen molar-refractivity contribution in [2.75, 3.05) is 6.54 Å². The summed E-state index contributed by atoms with van der Waals surface area (Å²) >= 11 is 3.03. The van der Waals surface area contributed by atoms with E-state index >= 15 is 0 Å². The van der Waals surface area contributed by atoms with Crippen LogP contribution in [0.3, 0.4) is 0 Å². The first kappa shape index (κ1) is 14.1. The second-order valence-corrected chi connectivity index (χ2v) is 6.76. The first-order chi connectivity index (χ1) is 10.1. The van der Waals surface area contributed by atoms with Gasteiger partial charge in [-0.15, -0.1) is 22.7 Å². The highest BCUT2D eigenvalue weighted by molar-refractivity contribution is 7.10. The Morgan fingerprint density at radius 2 is 2.14 bits per heavy atom.